The van der Waals surface area contributed by atoms with Crippen LogP contribution in [0.4, 0.5) is 0 Å². The number of likely N-dealkylation sites (N-methyl/N-ethyl adjacent to an activating group) is 1. The molecule has 5 nitrogen and oxygen atoms in total. The van der Waals surface area contributed by atoms with Gasteiger partial charge in [-0.25, -0.2) is 0 Å². The number of aliphatic hydroxyl groups is 1. The summed E-state index contributed by atoms with van der Waals surface area (Å²) in [5.41, 5.74) is 0.123. The van der Waals surface area contributed by atoms with Gasteiger partial charge in [-0.2, -0.15) is 0 Å². The number of nitrogens with zero attached hydrogens (tertiary/aromatic N) is 1. The predicted molar refractivity (Wildman–Crippen MR) is 84.1 cm³/mol. The third kappa shape index (κ3) is 4.94. The summed E-state index contributed by atoms with van der Waals surface area (Å²) >= 11 is 0. The zero-order valence-electron chi connectivity index (χ0n) is 13.4. The highest BCUT2D eigenvalue weighted by Crippen LogP contribution is 2.35. The zero-order chi connectivity index (χ0) is 15.1. The van der Waals surface area contributed by atoms with Gasteiger partial charge in [-0.15, -0.1) is 0 Å². The Balaban J connectivity index is 1.69. The van der Waals surface area contributed by atoms with Gasteiger partial charge in [0.15, 0.2) is 0 Å². The first kappa shape index (κ1) is 16.7. The Labute approximate surface area is 128 Å². The predicted octanol–water partition coefficient (Wildman–Crippen LogP) is 0.729. The maximum atomic E-state index is 11.4. The second kappa shape index (κ2) is 8.11. The molecule has 1 saturated carbocycles. The van der Waals surface area contributed by atoms with E-state index >= 15 is 0 Å². The Bertz CT molecular complexity index is 321. The molecule has 1 amide bonds. The molecule has 5 heteroatoms. The van der Waals surface area contributed by atoms with Gasteiger partial charge in [0.1, 0.15) is 0 Å². The molecular formula is C16H31N3O2. The second-order valence-electron chi connectivity index (χ2n) is 6.82. The molecule has 2 fully saturated rings. The van der Waals surface area contributed by atoms with Crippen LogP contribution >= 0.6 is 0 Å². The molecular weight excluding hydrogens is 266 g/mol. The summed E-state index contributed by atoms with van der Waals surface area (Å²) in [5, 5.41) is 16.1. The number of rotatable bonds is 6. The lowest BCUT2D eigenvalue weighted by Crippen LogP contribution is -2.49. The van der Waals surface area contributed by atoms with E-state index in [9.17, 15) is 9.90 Å². The highest BCUT2D eigenvalue weighted by Gasteiger charge is 2.32. The van der Waals surface area contributed by atoms with Gasteiger partial charge >= 0.3 is 0 Å². The van der Waals surface area contributed by atoms with E-state index in [0.717, 1.165) is 45.3 Å². The van der Waals surface area contributed by atoms with Crippen molar-refractivity contribution >= 4 is 5.91 Å². The zero-order valence-corrected chi connectivity index (χ0v) is 13.4. The van der Waals surface area contributed by atoms with Crippen molar-refractivity contribution in [2.75, 3.05) is 39.8 Å². The van der Waals surface area contributed by atoms with E-state index in [1.54, 1.807) is 7.05 Å². The number of likely N-dealkylation sites (tertiary alicyclic amines) is 1. The first-order valence-electron chi connectivity index (χ1n) is 8.45. The first-order valence-corrected chi connectivity index (χ1v) is 8.45. The minimum atomic E-state index is 0.0999. The van der Waals surface area contributed by atoms with Crippen molar-refractivity contribution in [2.24, 2.45) is 5.41 Å². The molecule has 0 bridgehead atoms. The summed E-state index contributed by atoms with van der Waals surface area (Å²) in [4.78, 5) is 13.6. The van der Waals surface area contributed by atoms with Crippen molar-refractivity contribution in [3.63, 3.8) is 0 Å². The Morgan fingerprint density at radius 3 is 2.48 bits per heavy atom. The number of amides is 1. The van der Waals surface area contributed by atoms with Crippen LogP contribution in [-0.4, -0.2) is 61.8 Å². The van der Waals surface area contributed by atoms with Gasteiger partial charge in [0.2, 0.25) is 5.91 Å². The Hall–Kier alpha value is -0.650. The van der Waals surface area contributed by atoms with E-state index < -0.39 is 0 Å². The summed E-state index contributed by atoms with van der Waals surface area (Å²) in [6, 6.07) is 0.538. The average Bonchev–Trinajstić information content (AvgIpc) is 2.55. The van der Waals surface area contributed by atoms with Gasteiger partial charge in [0, 0.05) is 44.7 Å². The van der Waals surface area contributed by atoms with Crippen molar-refractivity contribution in [3.8, 4) is 0 Å². The van der Waals surface area contributed by atoms with Gasteiger partial charge in [0.25, 0.3) is 0 Å². The summed E-state index contributed by atoms with van der Waals surface area (Å²) in [7, 11) is 1.69. The fraction of sp³-hybridized carbons (Fsp3) is 0.938. The molecule has 0 unspecified atom stereocenters. The van der Waals surface area contributed by atoms with E-state index in [2.05, 4.69) is 15.5 Å². The molecule has 0 aromatic heterocycles. The van der Waals surface area contributed by atoms with Crippen LogP contribution in [0.25, 0.3) is 0 Å². The smallest absolute Gasteiger partial charge is 0.233 e. The van der Waals surface area contributed by atoms with Crippen LogP contribution in [0.15, 0.2) is 0 Å². The molecule has 0 spiro atoms. The number of hydrogen-bond acceptors (Lipinski definition) is 4. The molecule has 122 valence electrons. The fourth-order valence-electron chi connectivity index (χ4n) is 3.63. The third-order valence-corrected chi connectivity index (χ3v) is 5.25. The van der Waals surface area contributed by atoms with Crippen LogP contribution in [0.3, 0.4) is 0 Å². The van der Waals surface area contributed by atoms with Crippen molar-refractivity contribution in [2.45, 2.75) is 51.0 Å². The molecule has 1 aliphatic carbocycles. The lowest BCUT2D eigenvalue weighted by atomic mass is 9.74. The molecule has 0 radical (unpaired) electrons. The van der Waals surface area contributed by atoms with Crippen molar-refractivity contribution in [1.29, 1.82) is 0 Å². The fourth-order valence-corrected chi connectivity index (χ4v) is 3.63. The standard InChI is InChI=1S/C16H31N3O2/c1-17-15(21)11-19-9-5-14(6-10-19)18-12-16(13-20)7-3-2-4-8-16/h14,18,20H,2-13H2,1H3,(H,17,21). The van der Waals surface area contributed by atoms with Crippen molar-refractivity contribution in [1.82, 2.24) is 15.5 Å². The maximum absolute atomic E-state index is 11.4. The van der Waals surface area contributed by atoms with Crippen LogP contribution in [0, 0.1) is 5.41 Å². The minimum Gasteiger partial charge on any atom is -0.396 e. The highest BCUT2D eigenvalue weighted by atomic mass is 16.3. The largest absolute Gasteiger partial charge is 0.396 e. The van der Waals surface area contributed by atoms with E-state index in [0.29, 0.717) is 19.2 Å². The van der Waals surface area contributed by atoms with E-state index in [-0.39, 0.29) is 11.3 Å². The molecule has 0 atom stereocenters. The molecule has 1 heterocycles. The average molecular weight is 297 g/mol. The number of aliphatic hydroxyl groups excluding tert-OH is 1. The number of carbonyl (C=O) groups is 1. The minimum absolute atomic E-state index is 0.0999. The molecule has 0 aromatic rings. The highest BCUT2D eigenvalue weighted by molar-refractivity contribution is 5.77. The molecule has 3 N–H and O–H groups in total. The van der Waals surface area contributed by atoms with Crippen LogP contribution < -0.4 is 10.6 Å². The van der Waals surface area contributed by atoms with E-state index in [1.807, 2.05) is 0 Å². The molecule has 21 heavy (non-hydrogen) atoms. The Morgan fingerprint density at radius 1 is 1.24 bits per heavy atom. The maximum Gasteiger partial charge on any atom is 0.233 e. The first-order chi connectivity index (χ1) is 10.2. The SMILES string of the molecule is CNC(=O)CN1CCC(NCC2(CO)CCCCC2)CC1. The van der Waals surface area contributed by atoms with Gasteiger partial charge < -0.3 is 15.7 Å². The molecule has 0 aromatic carbocycles. The summed E-state index contributed by atoms with van der Waals surface area (Å²) < 4.78 is 0. The van der Waals surface area contributed by atoms with Crippen LogP contribution in [-0.2, 0) is 4.79 Å². The Kier molecular flexibility index (Phi) is 6.45. The quantitative estimate of drug-likeness (QED) is 0.676. The summed E-state index contributed by atoms with van der Waals surface area (Å²) in [6.07, 6.45) is 8.34. The number of nitrogens with one attached hydrogen (secondary N) is 2. The molecule has 2 rings (SSSR count). The van der Waals surface area contributed by atoms with E-state index in [1.165, 1.54) is 19.3 Å². The van der Waals surface area contributed by atoms with Crippen molar-refractivity contribution < 1.29 is 9.90 Å². The third-order valence-electron chi connectivity index (χ3n) is 5.25. The lowest BCUT2D eigenvalue weighted by molar-refractivity contribution is -0.122. The summed E-state index contributed by atoms with van der Waals surface area (Å²) in [5.74, 6) is 0.0999. The van der Waals surface area contributed by atoms with Gasteiger partial charge in [0.05, 0.1) is 6.54 Å². The number of carbonyl (C=O) groups excluding carboxylic acids is 1. The van der Waals surface area contributed by atoms with E-state index in [4.69, 9.17) is 0 Å². The lowest BCUT2D eigenvalue weighted by Gasteiger charge is -2.39. The molecule has 1 aliphatic heterocycles. The van der Waals surface area contributed by atoms with Gasteiger partial charge in [-0.05, 0) is 25.7 Å². The molecule has 2 aliphatic rings. The van der Waals surface area contributed by atoms with Gasteiger partial charge in [-0.3, -0.25) is 9.69 Å². The summed E-state index contributed by atoms with van der Waals surface area (Å²) in [6.45, 7) is 3.75. The number of piperidine rings is 1. The second-order valence-corrected chi connectivity index (χ2v) is 6.82. The molecule has 1 saturated heterocycles. The normalized spacial score (nSPS) is 23.9. The van der Waals surface area contributed by atoms with Gasteiger partial charge in [-0.1, -0.05) is 19.3 Å². The van der Waals surface area contributed by atoms with Crippen molar-refractivity contribution in [3.05, 3.63) is 0 Å². The number of hydrogen-bond donors (Lipinski definition) is 3. The topological polar surface area (TPSA) is 64.6 Å². The van der Waals surface area contributed by atoms with Crippen LogP contribution in [0.1, 0.15) is 44.9 Å². The Morgan fingerprint density at radius 2 is 1.90 bits per heavy atom. The van der Waals surface area contributed by atoms with Crippen LogP contribution in [0.5, 0.6) is 0 Å². The monoisotopic (exact) mass is 297 g/mol. The van der Waals surface area contributed by atoms with Crippen LogP contribution in [0.2, 0.25) is 0 Å².